The van der Waals surface area contributed by atoms with Gasteiger partial charge in [-0.3, -0.25) is 0 Å². The van der Waals surface area contributed by atoms with Crippen molar-refractivity contribution in [1.82, 2.24) is 9.97 Å². The molecule has 6 heteroatoms. The van der Waals surface area contributed by atoms with E-state index in [9.17, 15) is 4.79 Å². The second-order valence-electron chi connectivity index (χ2n) is 3.20. The highest BCUT2D eigenvalue weighted by atomic mass is 35.5. The van der Waals surface area contributed by atoms with Crippen molar-refractivity contribution in [3.63, 3.8) is 0 Å². The molecular formula is C11H8ClN3O2. The topological polar surface area (TPSA) is 75.1 Å². The summed E-state index contributed by atoms with van der Waals surface area (Å²) in [4.78, 5) is 18.8. The number of aromatic carboxylic acids is 1. The van der Waals surface area contributed by atoms with Crippen LogP contribution < -0.4 is 5.32 Å². The van der Waals surface area contributed by atoms with E-state index in [1.165, 1.54) is 12.1 Å². The van der Waals surface area contributed by atoms with Crippen molar-refractivity contribution in [3.8, 4) is 0 Å². The lowest BCUT2D eigenvalue weighted by Crippen LogP contribution is -2.00. The van der Waals surface area contributed by atoms with Crippen LogP contribution in [-0.4, -0.2) is 21.0 Å². The van der Waals surface area contributed by atoms with Gasteiger partial charge in [0.05, 0.1) is 10.6 Å². The van der Waals surface area contributed by atoms with Gasteiger partial charge in [0.15, 0.2) is 0 Å². The first-order chi connectivity index (χ1) is 8.16. The summed E-state index contributed by atoms with van der Waals surface area (Å²) in [7, 11) is 0. The zero-order chi connectivity index (χ0) is 12.3. The van der Waals surface area contributed by atoms with Gasteiger partial charge in [-0.15, -0.1) is 0 Å². The molecule has 5 nitrogen and oxygen atoms in total. The lowest BCUT2D eigenvalue weighted by molar-refractivity contribution is 0.0697. The van der Waals surface area contributed by atoms with E-state index in [0.29, 0.717) is 11.6 Å². The summed E-state index contributed by atoms with van der Waals surface area (Å²) in [5.74, 6) is -0.682. The van der Waals surface area contributed by atoms with Gasteiger partial charge in [0.1, 0.15) is 0 Å². The SMILES string of the molecule is O=C(O)c1cc(Nc2ncccn2)ccc1Cl. The molecule has 0 aliphatic rings. The molecular weight excluding hydrogens is 242 g/mol. The molecule has 0 radical (unpaired) electrons. The molecule has 0 bridgehead atoms. The van der Waals surface area contributed by atoms with Gasteiger partial charge in [-0.1, -0.05) is 11.6 Å². The first kappa shape index (κ1) is 11.3. The van der Waals surface area contributed by atoms with Gasteiger partial charge in [-0.2, -0.15) is 0 Å². The molecule has 0 amide bonds. The van der Waals surface area contributed by atoms with Crippen LogP contribution in [0.25, 0.3) is 0 Å². The minimum Gasteiger partial charge on any atom is -0.478 e. The van der Waals surface area contributed by atoms with E-state index in [0.717, 1.165) is 0 Å². The van der Waals surface area contributed by atoms with Gasteiger partial charge in [0.2, 0.25) is 5.95 Å². The molecule has 1 aromatic carbocycles. The van der Waals surface area contributed by atoms with Crippen LogP contribution in [-0.2, 0) is 0 Å². The molecule has 0 unspecified atom stereocenters. The lowest BCUT2D eigenvalue weighted by Gasteiger charge is -2.06. The van der Waals surface area contributed by atoms with Crippen molar-refractivity contribution in [3.05, 3.63) is 47.2 Å². The van der Waals surface area contributed by atoms with E-state index in [1.807, 2.05) is 0 Å². The maximum Gasteiger partial charge on any atom is 0.337 e. The van der Waals surface area contributed by atoms with Crippen molar-refractivity contribution in [2.75, 3.05) is 5.32 Å². The summed E-state index contributed by atoms with van der Waals surface area (Å²) < 4.78 is 0. The Morgan fingerprint density at radius 2 is 2.00 bits per heavy atom. The normalized spacial score (nSPS) is 9.94. The first-order valence-electron chi connectivity index (χ1n) is 4.74. The molecule has 0 spiro atoms. The molecule has 2 rings (SSSR count). The van der Waals surface area contributed by atoms with Gasteiger partial charge >= 0.3 is 5.97 Å². The van der Waals surface area contributed by atoms with Gasteiger partial charge in [0.25, 0.3) is 0 Å². The maximum atomic E-state index is 10.9. The standard InChI is InChI=1S/C11H8ClN3O2/c12-9-3-2-7(6-8(9)10(16)17)15-11-13-4-1-5-14-11/h1-6H,(H,16,17)(H,13,14,15). The van der Waals surface area contributed by atoms with Crippen LogP contribution in [0.15, 0.2) is 36.7 Å². The number of nitrogens with zero attached hydrogens (tertiary/aromatic N) is 2. The molecule has 86 valence electrons. The minimum absolute atomic E-state index is 0.0348. The van der Waals surface area contributed by atoms with Crippen LogP contribution >= 0.6 is 11.6 Å². The average Bonchev–Trinajstić information content (AvgIpc) is 2.32. The monoisotopic (exact) mass is 249 g/mol. The highest BCUT2D eigenvalue weighted by molar-refractivity contribution is 6.33. The fourth-order valence-electron chi connectivity index (χ4n) is 1.26. The van der Waals surface area contributed by atoms with Crippen LogP contribution in [0.5, 0.6) is 0 Å². The highest BCUT2D eigenvalue weighted by Gasteiger charge is 2.09. The lowest BCUT2D eigenvalue weighted by atomic mass is 10.2. The summed E-state index contributed by atoms with van der Waals surface area (Å²) in [6.07, 6.45) is 3.17. The number of carboxylic acids is 1. The van der Waals surface area contributed by atoms with Crippen molar-refractivity contribution in [1.29, 1.82) is 0 Å². The molecule has 1 heterocycles. The van der Waals surface area contributed by atoms with Gasteiger partial charge in [-0.05, 0) is 24.3 Å². The molecule has 0 saturated carbocycles. The second kappa shape index (κ2) is 4.80. The fraction of sp³-hybridized carbons (Fsp3) is 0. The number of carboxylic acid groups (broad SMARTS) is 1. The number of carbonyl (C=O) groups is 1. The minimum atomic E-state index is -1.08. The molecule has 0 aliphatic carbocycles. The molecule has 0 aliphatic heterocycles. The number of rotatable bonds is 3. The van der Waals surface area contributed by atoms with Crippen molar-refractivity contribution >= 4 is 29.2 Å². The second-order valence-corrected chi connectivity index (χ2v) is 3.60. The van der Waals surface area contributed by atoms with Crippen LogP contribution in [0.4, 0.5) is 11.6 Å². The van der Waals surface area contributed by atoms with Gasteiger partial charge in [-0.25, -0.2) is 14.8 Å². The largest absolute Gasteiger partial charge is 0.478 e. The van der Waals surface area contributed by atoms with E-state index >= 15 is 0 Å². The molecule has 2 N–H and O–H groups in total. The Balaban J connectivity index is 2.29. The smallest absolute Gasteiger partial charge is 0.337 e. The molecule has 17 heavy (non-hydrogen) atoms. The summed E-state index contributed by atoms with van der Waals surface area (Å²) in [6, 6.07) is 6.29. The predicted octanol–water partition coefficient (Wildman–Crippen LogP) is 2.57. The molecule has 2 aromatic rings. The fourth-order valence-corrected chi connectivity index (χ4v) is 1.46. The predicted molar refractivity (Wildman–Crippen MR) is 63.7 cm³/mol. The molecule has 1 aromatic heterocycles. The Morgan fingerprint density at radius 3 is 2.65 bits per heavy atom. The number of aromatic nitrogens is 2. The summed E-state index contributed by atoms with van der Waals surface area (Å²) in [5.41, 5.74) is 0.602. The summed E-state index contributed by atoms with van der Waals surface area (Å²) >= 11 is 5.75. The quantitative estimate of drug-likeness (QED) is 0.874. The van der Waals surface area contributed by atoms with Crippen LogP contribution in [0.3, 0.4) is 0 Å². The Morgan fingerprint density at radius 1 is 1.29 bits per heavy atom. The number of nitrogens with one attached hydrogen (secondary N) is 1. The maximum absolute atomic E-state index is 10.9. The number of halogens is 1. The van der Waals surface area contributed by atoms with Crippen molar-refractivity contribution < 1.29 is 9.90 Å². The Kier molecular flexibility index (Phi) is 3.20. The Labute approximate surface area is 102 Å². The average molecular weight is 250 g/mol. The third-order valence-corrected chi connectivity index (χ3v) is 2.35. The number of hydrogen-bond acceptors (Lipinski definition) is 4. The van der Waals surface area contributed by atoms with Crippen LogP contribution in [0.2, 0.25) is 5.02 Å². The number of hydrogen-bond donors (Lipinski definition) is 2. The third kappa shape index (κ3) is 2.70. The molecule has 0 atom stereocenters. The molecule has 0 fully saturated rings. The Hall–Kier alpha value is -2.14. The molecule has 0 saturated heterocycles. The van der Waals surface area contributed by atoms with E-state index in [2.05, 4.69) is 15.3 Å². The Bertz CT molecular complexity index is 546. The van der Waals surface area contributed by atoms with E-state index in [1.54, 1.807) is 24.5 Å². The van der Waals surface area contributed by atoms with Crippen molar-refractivity contribution in [2.45, 2.75) is 0 Å². The van der Waals surface area contributed by atoms with Gasteiger partial charge < -0.3 is 10.4 Å². The van der Waals surface area contributed by atoms with Crippen LogP contribution in [0.1, 0.15) is 10.4 Å². The van der Waals surface area contributed by atoms with Crippen LogP contribution in [0, 0.1) is 0 Å². The summed E-state index contributed by atoms with van der Waals surface area (Å²) in [6.45, 7) is 0. The number of anilines is 2. The van der Waals surface area contributed by atoms with E-state index in [4.69, 9.17) is 16.7 Å². The highest BCUT2D eigenvalue weighted by Crippen LogP contribution is 2.21. The first-order valence-corrected chi connectivity index (χ1v) is 5.11. The number of benzene rings is 1. The van der Waals surface area contributed by atoms with Gasteiger partial charge in [0, 0.05) is 18.1 Å². The van der Waals surface area contributed by atoms with E-state index in [-0.39, 0.29) is 10.6 Å². The zero-order valence-electron chi connectivity index (χ0n) is 8.59. The summed E-state index contributed by atoms with van der Waals surface area (Å²) in [5, 5.41) is 12.0. The zero-order valence-corrected chi connectivity index (χ0v) is 9.35. The van der Waals surface area contributed by atoms with Crippen molar-refractivity contribution in [2.24, 2.45) is 0 Å². The third-order valence-electron chi connectivity index (χ3n) is 2.02. The van der Waals surface area contributed by atoms with E-state index < -0.39 is 5.97 Å².